The number of hydrogen-bond acceptors (Lipinski definition) is 3. The molecule has 1 aromatic heterocycles. The molecule has 0 unspecified atom stereocenters. The topological polar surface area (TPSA) is 73.1 Å². The molecule has 0 bridgehead atoms. The van der Waals surface area contributed by atoms with Crippen LogP contribution < -0.4 is 16.6 Å². The van der Waals surface area contributed by atoms with Gasteiger partial charge in [0.1, 0.15) is 0 Å². The number of carbonyl (C=O) groups excluding carboxylic acids is 1. The summed E-state index contributed by atoms with van der Waals surface area (Å²) in [4.78, 5) is 38.7. The van der Waals surface area contributed by atoms with E-state index in [1.54, 1.807) is 34.9 Å². The lowest BCUT2D eigenvalue weighted by molar-refractivity contribution is -0.121. The van der Waals surface area contributed by atoms with Gasteiger partial charge in [-0.3, -0.25) is 18.7 Å². The summed E-state index contributed by atoms with van der Waals surface area (Å²) in [6.07, 6.45) is 0.592. The largest absolute Gasteiger partial charge is 0.352 e. The average molecular weight is 476 g/mol. The molecule has 4 aromatic rings. The van der Waals surface area contributed by atoms with Gasteiger partial charge in [-0.1, -0.05) is 71.8 Å². The molecule has 6 nitrogen and oxygen atoms in total. The second-order valence-electron chi connectivity index (χ2n) is 8.30. The molecule has 0 atom stereocenters. The summed E-state index contributed by atoms with van der Waals surface area (Å²) >= 11 is 6.32. The van der Waals surface area contributed by atoms with E-state index in [1.807, 2.05) is 49.4 Å². The van der Waals surface area contributed by atoms with Crippen molar-refractivity contribution in [2.45, 2.75) is 39.4 Å². The van der Waals surface area contributed by atoms with Crippen LogP contribution in [0.25, 0.3) is 10.9 Å². The second kappa shape index (κ2) is 10.5. The van der Waals surface area contributed by atoms with Gasteiger partial charge in [-0.25, -0.2) is 4.79 Å². The van der Waals surface area contributed by atoms with E-state index in [4.69, 9.17) is 11.6 Å². The van der Waals surface area contributed by atoms with Crippen LogP contribution in [0, 0.1) is 6.92 Å². The van der Waals surface area contributed by atoms with E-state index < -0.39 is 5.69 Å². The van der Waals surface area contributed by atoms with E-state index in [1.165, 1.54) is 4.57 Å². The highest BCUT2D eigenvalue weighted by Gasteiger charge is 2.14. The molecule has 0 aliphatic heterocycles. The fourth-order valence-electron chi connectivity index (χ4n) is 3.91. The molecule has 0 spiro atoms. The Morgan fingerprint density at radius 2 is 1.62 bits per heavy atom. The molecule has 0 radical (unpaired) electrons. The third kappa shape index (κ3) is 5.29. The highest BCUT2D eigenvalue weighted by Crippen LogP contribution is 2.17. The molecule has 7 heteroatoms. The Morgan fingerprint density at radius 1 is 0.912 bits per heavy atom. The van der Waals surface area contributed by atoms with Crippen LogP contribution in [0.1, 0.15) is 29.5 Å². The van der Waals surface area contributed by atoms with E-state index in [2.05, 4.69) is 5.32 Å². The Balaban J connectivity index is 1.51. The number of nitrogens with one attached hydrogen (secondary N) is 1. The van der Waals surface area contributed by atoms with E-state index in [-0.39, 0.29) is 31.0 Å². The Bertz CT molecular complexity index is 1440. The number of benzene rings is 3. The first-order valence-corrected chi connectivity index (χ1v) is 11.6. The number of para-hydroxylation sites is 1. The zero-order valence-electron chi connectivity index (χ0n) is 19.0. The third-order valence-corrected chi connectivity index (χ3v) is 6.18. The number of amides is 1. The molecule has 1 N–H and O–H groups in total. The molecule has 0 saturated carbocycles. The van der Waals surface area contributed by atoms with Gasteiger partial charge in [-0.05, 0) is 42.7 Å². The Hall–Kier alpha value is -3.64. The van der Waals surface area contributed by atoms with E-state index >= 15 is 0 Å². The van der Waals surface area contributed by atoms with Gasteiger partial charge in [0, 0.05) is 24.5 Å². The number of aryl methyl sites for hydroxylation is 1. The molecular formula is C27H26ClN3O3. The molecule has 1 heterocycles. The van der Waals surface area contributed by atoms with Crippen LogP contribution >= 0.6 is 11.6 Å². The third-order valence-electron chi connectivity index (χ3n) is 5.81. The van der Waals surface area contributed by atoms with Crippen molar-refractivity contribution in [2.75, 3.05) is 0 Å². The number of hydrogen-bond donors (Lipinski definition) is 1. The molecular weight excluding hydrogens is 450 g/mol. The number of aromatic nitrogens is 2. The van der Waals surface area contributed by atoms with Crippen molar-refractivity contribution in [1.29, 1.82) is 0 Å². The summed E-state index contributed by atoms with van der Waals surface area (Å²) in [5.74, 6) is -0.120. The monoisotopic (exact) mass is 475 g/mol. The quantitative estimate of drug-likeness (QED) is 0.413. The minimum absolute atomic E-state index is 0.120. The van der Waals surface area contributed by atoms with Crippen molar-refractivity contribution in [3.8, 4) is 0 Å². The molecule has 4 rings (SSSR count). The van der Waals surface area contributed by atoms with Gasteiger partial charge < -0.3 is 5.32 Å². The van der Waals surface area contributed by atoms with Crippen LogP contribution in [0.3, 0.4) is 0 Å². The Labute approximate surface area is 202 Å². The molecule has 0 aliphatic rings. The van der Waals surface area contributed by atoms with Gasteiger partial charge >= 0.3 is 5.69 Å². The van der Waals surface area contributed by atoms with Crippen LogP contribution in [0.5, 0.6) is 0 Å². The zero-order chi connectivity index (χ0) is 24.1. The van der Waals surface area contributed by atoms with Gasteiger partial charge in [-0.15, -0.1) is 0 Å². The predicted molar refractivity (Wildman–Crippen MR) is 135 cm³/mol. The van der Waals surface area contributed by atoms with E-state index in [0.717, 1.165) is 16.7 Å². The van der Waals surface area contributed by atoms with Gasteiger partial charge in [0.2, 0.25) is 5.91 Å². The second-order valence-corrected chi connectivity index (χ2v) is 8.71. The van der Waals surface area contributed by atoms with Gasteiger partial charge in [-0.2, -0.15) is 0 Å². The summed E-state index contributed by atoms with van der Waals surface area (Å²) in [6.45, 7) is 2.86. The van der Waals surface area contributed by atoms with Gasteiger partial charge in [0.25, 0.3) is 5.56 Å². The standard InChI is InChI=1S/C27H26ClN3O3/c1-19-12-14-20(15-13-19)17-29-25(32)11-6-16-30-26(33)22-8-3-5-10-24(22)31(27(30)34)18-21-7-2-4-9-23(21)28/h2-5,7-10,12-15H,6,11,16-18H2,1H3,(H,29,32). The van der Waals surface area contributed by atoms with Crippen LogP contribution in [-0.2, 0) is 24.4 Å². The van der Waals surface area contributed by atoms with Crippen LogP contribution in [0.4, 0.5) is 0 Å². The summed E-state index contributed by atoms with van der Waals surface area (Å²) < 4.78 is 2.78. The van der Waals surface area contributed by atoms with Crippen LogP contribution in [0.2, 0.25) is 5.02 Å². The SMILES string of the molecule is Cc1ccc(CNC(=O)CCCn2c(=O)c3ccccc3n(Cc3ccccc3Cl)c2=O)cc1. The number of halogens is 1. The number of carbonyl (C=O) groups is 1. The van der Waals surface area contributed by atoms with Crippen LogP contribution in [0.15, 0.2) is 82.4 Å². The first kappa shape index (κ1) is 23.5. The minimum atomic E-state index is -0.413. The van der Waals surface area contributed by atoms with E-state index in [0.29, 0.717) is 28.9 Å². The first-order valence-electron chi connectivity index (χ1n) is 11.2. The molecule has 174 valence electrons. The lowest BCUT2D eigenvalue weighted by Crippen LogP contribution is -2.40. The Morgan fingerprint density at radius 3 is 2.38 bits per heavy atom. The fourth-order valence-corrected chi connectivity index (χ4v) is 4.11. The number of rotatable bonds is 8. The van der Waals surface area contributed by atoms with Crippen molar-refractivity contribution in [3.05, 3.63) is 115 Å². The molecule has 0 saturated heterocycles. The normalized spacial score (nSPS) is 11.0. The maximum Gasteiger partial charge on any atom is 0.331 e. The minimum Gasteiger partial charge on any atom is -0.352 e. The maximum atomic E-state index is 13.3. The number of nitrogens with zero attached hydrogens (tertiary/aromatic N) is 2. The lowest BCUT2D eigenvalue weighted by atomic mass is 10.1. The van der Waals surface area contributed by atoms with Crippen molar-refractivity contribution in [3.63, 3.8) is 0 Å². The van der Waals surface area contributed by atoms with Crippen molar-refractivity contribution in [2.24, 2.45) is 0 Å². The van der Waals surface area contributed by atoms with Crippen molar-refractivity contribution < 1.29 is 4.79 Å². The van der Waals surface area contributed by atoms with Crippen LogP contribution in [-0.4, -0.2) is 15.0 Å². The summed E-state index contributed by atoms with van der Waals surface area (Å²) in [7, 11) is 0. The lowest BCUT2D eigenvalue weighted by Gasteiger charge is -2.15. The molecule has 34 heavy (non-hydrogen) atoms. The highest BCUT2D eigenvalue weighted by molar-refractivity contribution is 6.31. The maximum absolute atomic E-state index is 13.3. The van der Waals surface area contributed by atoms with Crippen molar-refractivity contribution >= 4 is 28.4 Å². The molecule has 0 aliphatic carbocycles. The first-order chi connectivity index (χ1) is 16.4. The molecule has 3 aromatic carbocycles. The Kier molecular flexibility index (Phi) is 7.28. The number of fused-ring (bicyclic) bond motifs is 1. The summed E-state index contributed by atoms with van der Waals surface area (Å²) in [5, 5.41) is 3.90. The zero-order valence-corrected chi connectivity index (χ0v) is 19.7. The smallest absolute Gasteiger partial charge is 0.331 e. The predicted octanol–water partition coefficient (Wildman–Crippen LogP) is 4.27. The summed E-state index contributed by atoms with van der Waals surface area (Å²) in [6, 6.07) is 22.3. The van der Waals surface area contributed by atoms with E-state index in [9.17, 15) is 14.4 Å². The fraction of sp³-hybridized carbons (Fsp3) is 0.222. The van der Waals surface area contributed by atoms with Gasteiger partial charge in [0.15, 0.2) is 0 Å². The van der Waals surface area contributed by atoms with Crippen molar-refractivity contribution in [1.82, 2.24) is 14.5 Å². The molecule has 1 amide bonds. The highest BCUT2D eigenvalue weighted by atomic mass is 35.5. The summed E-state index contributed by atoms with van der Waals surface area (Å²) in [5.41, 5.74) is 2.77. The average Bonchev–Trinajstić information content (AvgIpc) is 2.84. The molecule has 0 fully saturated rings. The van der Waals surface area contributed by atoms with Gasteiger partial charge in [0.05, 0.1) is 17.4 Å².